The number of Topliss-reactive ketones (excluding diaryl/α,β-unsaturated/α-hetero) is 1. The Hall–Kier alpha value is -2.34. The highest BCUT2D eigenvalue weighted by atomic mass is 32.1. The normalized spacial score (nSPS) is 16.4. The molecule has 2 nitrogen and oxygen atoms in total. The molecule has 32 heavy (non-hydrogen) atoms. The summed E-state index contributed by atoms with van der Waals surface area (Å²) >= 11 is 5.28. The summed E-state index contributed by atoms with van der Waals surface area (Å²) in [7, 11) is 0. The average Bonchev–Trinajstić information content (AvgIpc) is 3.47. The van der Waals surface area contributed by atoms with Gasteiger partial charge in [-0.2, -0.15) is 0 Å². The highest BCUT2D eigenvalue weighted by molar-refractivity contribution is 7.16. The van der Waals surface area contributed by atoms with Crippen LogP contribution >= 0.6 is 34.0 Å². The number of aryl methyl sites for hydroxylation is 5. The first-order chi connectivity index (χ1) is 15.3. The third-order valence-electron chi connectivity index (χ3n) is 6.12. The number of benzene rings is 1. The third kappa shape index (κ3) is 3.62. The van der Waals surface area contributed by atoms with Crippen LogP contribution in [0, 0.1) is 34.6 Å². The van der Waals surface area contributed by atoms with Crippen molar-refractivity contribution in [3.05, 3.63) is 83.7 Å². The fourth-order valence-electron chi connectivity index (χ4n) is 4.78. The fourth-order valence-corrected chi connectivity index (χ4v) is 7.85. The Morgan fingerprint density at radius 1 is 0.875 bits per heavy atom. The van der Waals surface area contributed by atoms with Crippen molar-refractivity contribution in [2.45, 2.75) is 47.0 Å². The number of hydrogen-bond acceptors (Lipinski definition) is 5. The molecule has 1 atom stereocenters. The summed E-state index contributed by atoms with van der Waals surface area (Å²) < 4.78 is 0. The van der Waals surface area contributed by atoms with Crippen molar-refractivity contribution < 1.29 is 4.79 Å². The quantitative estimate of drug-likeness (QED) is 0.298. The van der Waals surface area contributed by atoms with Crippen molar-refractivity contribution in [2.75, 3.05) is 0 Å². The Kier molecular flexibility index (Phi) is 5.52. The molecule has 0 amide bonds. The van der Waals surface area contributed by atoms with Crippen LogP contribution in [0.5, 0.6) is 0 Å². The molecule has 1 aliphatic rings. The predicted octanol–water partition coefficient (Wildman–Crippen LogP) is 8.14. The number of nitrogens with zero attached hydrogens (tertiary/aromatic N) is 1. The highest BCUT2D eigenvalue weighted by Crippen LogP contribution is 2.52. The maximum Gasteiger partial charge on any atom is 0.165 e. The Morgan fingerprint density at radius 3 is 2.19 bits per heavy atom. The van der Waals surface area contributed by atoms with Gasteiger partial charge in [-0.3, -0.25) is 4.79 Å². The van der Waals surface area contributed by atoms with Gasteiger partial charge in [-0.1, -0.05) is 30.3 Å². The van der Waals surface area contributed by atoms with Gasteiger partial charge in [0.25, 0.3) is 0 Å². The predicted molar refractivity (Wildman–Crippen MR) is 139 cm³/mol. The molecule has 1 aromatic carbocycles. The molecule has 5 rings (SSSR count). The summed E-state index contributed by atoms with van der Waals surface area (Å²) in [4.78, 5) is 24.7. The first-order valence-corrected chi connectivity index (χ1v) is 13.2. The molecule has 1 unspecified atom stereocenters. The SMILES string of the molecule is Cc1cc(C2=C(c3sc(-c4ccccc4)nc3C)C(=O)CC2c2cc(C)sc2C)c(C)s1. The summed E-state index contributed by atoms with van der Waals surface area (Å²) in [6.45, 7) is 10.7. The lowest BCUT2D eigenvalue weighted by Crippen LogP contribution is -1.99. The van der Waals surface area contributed by atoms with Crippen molar-refractivity contribution in [3.8, 4) is 10.6 Å². The van der Waals surface area contributed by atoms with E-state index in [0.29, 0.717) is 6.42 Å². The summed E-state index contributed by atoms with van der Waals surface area (Å²) in [6.07, 6.45) is 0.536. The second kappa shape index (κ2) is 8.22. The molecular weight excluding hydrogens is 451 g/mol. The van der Waals surface area contributed by atoms with Crippen LogP contribution in [-0.4, -0.2) is 10.8 Å². The minimum absolute atomic E-state index is 0.108. The molecule has 162 valence electrons. The molecule has 0 fully saturated rings. The van der Waals surface area contributed by atoms with Gasteiger partial charge < -0.3 is 0 Å². The van der Waals surface area contributed by atoms with Crippen molar-refractivity contribution in [1.82, 2.24) is 4.98 Å². The number of carbonyl (C=O) groups is 1. The lowest BCUT2D eigenvalue weighted by atomic mass is 9.87. The van der Waals surface area contributed by atoms with Crippen LogP contribution < -0.4 is 0 Å². The van der Waals surface area contributed by atoms with Crippen LogP contribution in [0.2, 0.25) is 0 Å². The second-order valence-corrected chi connectivity index (χ2v) is 12.4. The molecule has 0 saturated heterocycles. The summed E-state index contributed by atoms with van der Waals surface area (Å²) in [5, 5.41) is 0.974. The van der Waals surface area contributed by atoms with E-state index in [4.69, 9.17) is 4.98 Å². The van der Waals surface area contributed by atoms with Gasteiger partial charge in [-0.05, 0) is 63.5 Å². The first-order valence-electron chi connectivity index (χ1n) is 10.8. The van der Waals surface area contributed by atoms with Gasteiger partial charge in [0.15, 0.2) is 5.78 Å². The molecule has 3 aromatic heterocycles. The Labute approximate surface area is 201 Å². The number of thiophene rings is 2. The Morgan fingerprint density at radius 2 is 1.56 bits per heavy atom. The second-order valence-electron chi connectivity index (χ2n) is 8.46. The number of thiazole rings is 1. The standard InChI is InChI=1S/C27H25NOS3/c1-14-11-20(17(4)30-14)22-13-23(29)25(24(22)21-12-15(2)31-18(21)5)26-16(3)28-27(32-26)19-9-7-6-8-10-19/h6-12,22H,13H2,1-5H3. The largest absolute Gasteiger partial charge is 0.294 e. The topological polar surface area (TPSA) is 30.0 Å². The number of aromatic nitrogens is 1. The minimum atomic E-state index is 0.108. The zero-order valence-corrected chi connectivity index (χ0v) is 21.4. The molecule has 0 aliphatic heterocycles. The van der Waals surface area contributed by atoms with E-state index >= 15 is 0 Å². The molecule has 0 radical (unpaired) electrons. The van der Waals surface area contributed by atoms with Crippen molar-refractivity contribution in [2.24, 2.45) is 0 Å². The molecule has 5 heteroatoms. The smallest absolute Gasteiger partial charge is 0.165 e. The van der Waals surface area contributed by atoms with Gasteiger partial charge in [-0.15, -0.1) is 34.0 Å². The molecule has 3 heterocycles. The number of hydrogen-bond donors (Lipinski definition) is 0. The lowest BCUT2D eigenvalue weighted by molar-refractivity contribution is -0.113. The Bertz CT molecular complexity index is 1370. The number of ketones is 1. The molecular formula is C27H25NOS3. The van der Waals surface area contributed by atoms with Crippen LogP contribution in [0.25, 0.3) is 21.7 Å². The van der Waals surface area contributed by atoms with Crippen LogP contribution in [-0.2, 0) is 4.79 Å². The van der Waals surface area contributed by atoms with Gasteiger partial charge in [-0.25, -0.2) is 4.98 Å². The van der Waals surface area contributed by atoms with Crippen LogP contribution in [0.1, 0.15) is 53.5 Å². The molecule has 0 bridgehead atoms. The van der Waals surface area contributed by atoms with E-state index in [0.717, 1.165) is 26.7 Å². The van der Waals surface area contributed by atoms with E-state index in [1.54, 1.807) is 11.3 Å². The van der Waals surface area contributed by atoms with E-state index in [1.807, 2.05) is 47.8 Å². The molecule has 4 aromatic rings. The minimum Gasteiger partial charge on any atom is -0.294 e. The zero-order valence-electron chi connectivity index (χ0n) is 18.9. The third-order valence-corrected chi connectivity index (χ3v) is 9.29. The first kappa shape index (κ1) is 21.5. The van der Waals surface area contributed by atoms with E-state index in [9.17, 15) is 4.79 Å². The van der Waals surface area contributed by atoms with Gasteiger partial charge in [0.2, 0.25) is 0 Å². The molecule has 1 aliphatic carbocycles. The van der Waals surface area contributed by atoms with E-state index in [1.165, 1.54) is 36.2 Å². The molecule has 0 spiro atoms. The van der Waals surface area contributed by atoms with Gasteiger partial charge in [0.05, 0.1) is 10.6 Å². The van der Waals surface area contributed by atoms with Crippen LogP contribution in [0.3, 0.4) is 0 Å². The fraction of sp³-hybridized carbons (Fsp3) is 0.259. The molecule has 0 N–H and O–H groups in total. The van der Waals surface area contributed by atoms with Crippen molar-refractivity contribution >= 4 is 50.9 Å². The molecule has 0 saturated carbocycles. The Balaban J connectivity index is 1.75. The number of allylic oxidation sites excluding steroid dienone is 2. The zero-order chi connectivity index (χ0) is 22.6. The van der Waals surface area contributed by atoms with Crippen molar-refractivity contribution in [1.29, 1.82) is 0 Å². The summed E-state index contributed by atoms with van der Waals surface area (Å²) in [6, 6.07) is 14.8. The number of rotatable bonds is 4. The van der Waals surface area contributed by atoms with Crippen LogP contribution in [0.4, 0.5) is 0 Å². The van der Waals surface area contributed by atoms with Crippen LogP contribution in [0.15, 0.2) is 42.5 Å². The summed E-state index contributed by atoms with van der Waals surface area (Å²) in [5.41, 5.74) is 6.66. The lowest BCUT2D eigenvalue weighted by Gasteiger charge is -2.16. The maximum absolute atomic E-state index is 13.6. The van der Waals surface area contributed by atoms with Gasteiger partial charge >= 0.3 is 0 Å². The van der Waals surface area contributed by atoms with E-state index in [-0.39, 0.29) is 11.7 Å². The maximum atomic E-state index is 13.6. The average molecular weight is 476 g/mol. The monoisotopic (exact) mass is 475 g/mol. The number of carbonyl (C=O) groups excluding carboxylic acids is 1. The van der Waals surface area contributed by atoms with Gasteiger partial charge in [0, 0.05) is 43.0 Å². The highest BCUT2D eigenvalue weighted by Gasteiger charge is 2.38. The van der Waals surface area contributed by atoms with E-state index < -0.39 is 0 Å². The van der Waals surface area contributed by atoms with Gasteiger partial charge in [0.1, 0.15) is 5.01 Å². The summed E-state index contributed by atoms with van der Waals surface area (Å²) in [5.74, 6) is 0.347. The van der Waals surface area contributed by atoms with Crippen molar-refractivity contribution in [3.63, 3.8) is 0 Å². The van der Waals surface area contributed by atoms with E-state index in [2.05, 4.69) is 52.0 Å².